The lowest BCUT2D eigenvalue weighted by molar-refractivity contribution is -0.136. The summed E-state index contributed by atoms with van der Waals surface area (Å²) in [6, 6.07) is 18.0. The molecule has 0 bridgehead atoms. The van der Waals surface area contributed by atoms with Crippen molar-refractivity contribution in [3.8, 4) is 33.5 Å². The number of hydrogen-bond acceptors (Lipinski definition) is 8. The summed E-state index contributed by atoms with van der Waals surface area (Å²) < 4.78 is 9.68. The second-order valence-electron chi connectivity index (χ2n) is 20.7. The highest BCUT2D eigenvalue weighted by molar-refractivity contribution is 5.89. The van der Waals surface area contributed by atoms with Gasteiger partial charge in [0.1, 0.15) is 23.7 Å². The largest absolute Gasteiger partial charge is 0.453 e. The molecule has 354 valence electrons. The summed E-state index contributed by atoms with van der Waals surface area (Å²) in [6.45, 7) is 13.2. The van der Waals surface area contributed by atoms with E-state index in [4.69, 9.17) is 19.4 Å². The van der Waals surface area contributed by atoms with E-state index in [-0.39, 0.29) is 53.0 Å². The molecule has 5 aromatic rings. The standard InChI is InChI=1S/C53H66N8O6/c1-29(2)45(58-51(64)66-7)49(62)60-27-31(5)21-43(60)47-54-26-42(57-47)34-13-11-33(12-14-34)36-16-17-37(39-25-53(24-38(36)39)19-9-10-20-53)35-15-18-40-41(23-35)56-48(55-40)44-22-32(6)28-61(44)50(63)46(30(3)4)59-52(65)67-8/h11-18,23,26,29-32,43-46H,9-10,19-22,24-25,27-28H2,1-8H3,(H,54,57)(H,55,56)(H,58,64)(H,59,65)/t31-,32-,43-,44-,45?,46-/m0/s1. The lowest BCUT2D eigenvalue weighted by atomic mass is 9.82. The Morgan fingerprint density at radius 2 is 1.19 bits per heavy atom. The van der Waals surface area contributed by atoms with E-state index >= 15 is 0 Å². The summed E-state index contributed by atoms with van der Waals surface area (Å²) in [5.74, 6) is 1.58. The molecule has 1 unspecified atom stereocenters. The Labute approximate surface area is 393 Å². The van der Waals surface area contributed by atoms with Crippen LogP contribution in [0.1, 0.15) is 115 Å². The van der Waals surface area contributed by atoms with Crippen molar-refractivity contribution >= 4 is 35.0 Å². The number of amides is 4. The molecule has 2 aliphatic carbocycles. The van der Waals surface area contributed by atoms with Gasteiger partial charge in [-0.05, 0) is 119 Å². The van der Waals surface area contributed by atoms with Crippen molar-refractivity contribution in [2.75, 3.05) is 27.3 Å². The van der Waals surface area contributed by atoms with Gasteiger partial charge in [0, 0.05) is 13.1 Å². The number of carbonyl (C=O) groups excluding carboxylic acids is 4. The van der Waals surface area contributed by atoms with E-state index in [1.54, 1.807) is 0 Å². The summed E-state index contributed by atoms with van der Waals surface area (Å²) in [5, 5.41) is 5.50. The van der Waals surface area contributed by atoms with E-state index in [1.165, 1.54) is 67.7 Å². The van der Waals surface area contributed by atoms with Crippen molar-refractivity contribution in [2.45, 2.75) is 117 Å². The van der Waals surface area contributed by atoms with Gasteiger partial charge in [-0.3, -0.25) is 9.59 Å². The van der Waals surface area contributed by atoms with E-state index in [0.29, 0.717) is 13.1 Å². The van der Waals surface area contributed by atoms with Crippen LogP contribution in [0.3, 0.4) is 0 Å². The first-order valence-corrected chi connectivity index (χ1v) is 24.3. The Bertz CT molecular complexity index is 2660. The first-order chi connectivity index (χ1) is 32.1. The zero-order valence-corrected chi connectivity index (χ0v) is 40.2. The number of alkyl carbamates (subject to hydrolysis) is 2. The Hall–Kier alpha value is -6.18. The number of rotatable bonds is 11. The number of fused-ring (bicyclic) bond motifs is 2. The number of aromatic nitrogens is 4. The van der Waals surface area contributed by atoms with Gasteiger partial charge in [0.15, 0.2) is 0 Å². The number of ether oxygens (including phenoxy) is 2. The normalized spacial score (nSPS) is 21.9. The predicted molar refractivity (Wildman–Crippen MR) is 258 cm³/mol. The quantitative estimate of drug-likeness (QED) is 0.101. The number of aromatic amines is 2. The number of nitrogens with zero attached hydrogens (tertiary/aromatic N) is 4. The maximum Gasteiger partial charge on any atom is 0.407 e. The highest BCUT2D eigenvalue weighted by Crippen LogP contribution is 2.53. The van der Waals surface area contributed by atoms with Crippen LogP contribution in [-0.2, 0) is 31.9 Å². The number of likely N-dealkylation sites (tertiary alicyclic amines) is 2. The fourth-order valence-electron chi connectivity index (χ4n) is 11.6. The fraction of sp³-hybridized carbons (Fsp3) is 0.509. The van der Waals surface area contributed by atoms with Crippen LogP contribution in [-0.4, -0.2) is 93.1 Å². The molecule has 3 aromatic carbocycles. The number of H-pyrrole nitrogens is 2. The van der Waals surface area contributed by atoms with Crippen molar-refractivity contribution in [1.29, 1.82) is 0 Å². The summed E-state index contributed by atoms with van der Waals surface area (Å²) in [4.78, 5) is 73.0. The Balaban J connectivity index is 0.974. The maximum atomic E-state index is 14.0. The van der Waals surface area contributed by atoms with Gasteiger partial charge in [0.2, 0.25) is 11.8 Å². The minimum Gasteiger partial charge on any atom is -0.453 e. The molecule has 4 N–H and O–H groups in total. The van der Waals surface area contributed by atoms with Gasteiger partial charge in [-0.15, -0.1) is 0 Å². The number of benzene rings is 3. The maximum absolute atomic E-state index is 14.0. The molecule has 3 fully saturated rings. The van der Waals surface area contributed by atoms with Crippen molar-refractivity contribution in [1.82, 2.24) is 40.4 Å². The molecule has 9 rings (SSSR count). The Kier molecular flexibility index (Phi) is 12.7. The van der Waals surface area contributed by atoms with Crippen LogP contribution in [0.2, 0.25) is 0 Å². The fourth-order valence-corrected chi connectivity index (χ4v) is 11.6. The van der Waals surface area contributed by atoms with Gasteiger partial charge < -0.3 is 39.9 Å². The third-order valence-electron chi connectivity index (χ3n) is 15.1. The number of hydrogen-bond donors (Lipinski definition) is 4. The molecule has 4 heterocycles. The number of methoxy groups -OCH3 is 2. The Morgan fingerprint density at radius 3 is 1.73 bits per heavy atom. The summed E-state index contributed by atoms with van der Waals surface area (Å²) >= 11 is 0. The zero-order valence-electron chi connectivity index (χ0n) is 40.2. The molecule has 14 nitrogen and oxygen atoms in total. The second-order valence-corrected chi connectivity index (χ2v) is 20.7. The van der Waals surface area contributed by atoms with E-state index < -0.39 is 24.3 Å². The number of imidazole rings is 2. The van der Waals surface area contributed by atoms with Crippen LogP contribution in [0, 0.1) is 29.1 Å². The minimum atomic E-state index is -0.701. The average molecular weight is 911 g/mol. The van der Waals surface area contributed by atoms with Crippen molar-refractivity contribution in [3.05, 3.63) is 83.6 Å². The van der Waals surface area contributed by atoms with Gasteiger partial charge in [-0.25, -0.2) is 19.6 Å². The van der Waals surface area contributed by atoms with E-state index in [9.17, 15) is 19.2 Å². The van der Waals surface area contributed by atoms with Gasteiger partial charge in [-0.2, -0.15) is 0 Å². The molecule has 14 heteroatoms. The van der Waals surface area contributed by atoms with Crippen LogP contribution < -0.4 is 10.6 Å². The predicted octanol–water partition coefficient (Wildman–Crippen LogP) is 9.53. The highest BCUT2D eigenvalue weighted by atomic mass is 16.5. The first-order valence-electron chi connectivity index (χ1n) is 24.3. The first kappa shape index (κ1) is 46.0. The van der Waals surface area contributed by atoms with Crippen molar-refractivity contribution in [2.24, 2.45) is 29.1 Å². The highest BCUT2D eigenvalue weighted by Gasteiger charge is 2.44. The summed E-state index contributed by atoms with van der Waals surface area (Å²) in [5.41, 5.74) is 11.7. The molecule has 4 aliphatic rings. The molecular formula is C53H66N8O6. The minimum absolute atomic E-state index is 0.113. The third-order valence-corrected chi connectivity index (χ3v) is 15.1. The van der Waals surface area contributed by atoms with Gasteiger partial charge >= 0.3 is 12.2 Å². The SMILES string of the molecule is COC(=O)NC(C(=O)N1C[C@@H](C)C[C@H]1c1ncc(-c2ccc(-c3ccc(-c4ccc5nc([C@@H]6C[C@H](C)CN6C(=O)[C@@H](NC(=O)OC)C(C)C)[nH]c5c4)c4c3CC3(CCCC3)C4)cc2)[nH]1)C(C)C. The lowest BCUT2D eigenvalue weighted by Gasteiger charge is -2.30. The topological polar surface area (TPSA) is 175 Å². The lowest BCUT2D eigenvalue weighted by Crippen LogP contribution is -2.51. The smallest absolute Gasteiger partial charge is 0.407 e. The van der Waals surface area contributed by atoms with Gasteiger partial charge in [-0.1, -0.05) is 96.8 Å². The van der Waals surface area contributed by atoms with Crippen molar-refractivity contribution in [3.63, 3.8) is 0 Å². The molecular weight excluding hydrogens is 845 g/mol. The van der Waals surface area contributed by atoms with Crippen LogP contribution >= 0.6 is 0 Å². The van der Waals surface area contributed by atoms with Gasteiger partial charge in [0.25, 0.3) is 0 Å². The number of nitrogens with one attached hydrogen (secondary N) is 4. The molecule has 6 atom stereocenters. The molecule has 1 saturated carbocycles. The van der Waals surface area contributed by atoms with E-state index in [0.717, 1.165) is 65.2 Å². The Morgan fingerprint density at radius 1 is 0.687 bits per heavy atom. The molecule has 2 saturated heterocycles. The van der Waals surface area contributed by atoms with Crippen LogP contribution in [0.25, 0.3) is 44.5 Å². The van der Waals surface area contributed by atoms with Crippen molar-refractivity contribution < 1.29 is 28.7 Å². The molecule has 4 amide bonds. The van der Waals surface area contributed by atoms with Crippen LogP contribution in [0.5, 0.6) is 0 Å². The molecule has 0 radical (unpaired) electrons. The zero-order chi connectivity index (χ0) is 47.3. The summed E-state index contributed by atoms with van der Waals surface area (Å²) in [7, 11) is 2.62. The monoisotopic (exact) mass is 911 g/mol. The summed E-state index contributed by atoms with van der Waals surface area (Å²) in [6.07, 6.45) is 9.35. The second kappa shape index (κ2) is 18.5. The van der Waals surface area contributed by atoms with E-state index in [1.807, 2.05) is 43.7 Å². The third kappa shape index (κ3) is 8.91. The van der Waals surface area contributed by atoms with E-state index in [2.05, 4.69) is 89.0 Å². The molecule has 2 aliphatic heterocycles. The number of carbonyl (C=O) groups is 4. The average Bonchev–Trinajstić information content (AvgIpc) is 4.19. The van der Waals surface area contributed by atoms with Gasteiger partial charge in [0.05, 0.1) is 49.2 Å². The molecule has 1 spiro atoms. The molecule has 2 aromatic heterocycles. The molecule has 67 heavy (non-hydrogen) atoms. The van der Waals surface area contributed by atoms with Crippen LogP contribution in [0.4, 0.5) is 9.59 Å². The van der Waals surface area contributed by atoms with Crippen LogP contribution in [0.15, 0.2) is 60.8 Å².